The second kappa shape index (κ2) is 12.7. The van der Waals surface area contributed by atoms with Crippen LogP contribution in [0.2, 0.25) is 0 Å². The van der Waals surface area contributed by atoms with Gasteiger partial charge in [0.2, 0.25) is 11.8 Å². The smallest absolute Gasteiger partial charge is 0.294 e. The minimum absolute atomic E-state index is 0. The summed E-state index contributed by atoms with van der Waals surface area (Å²) in [6.45, 7) is 4.25. The average molecular weight is 566 g/mol. The van der Waals surface area contributed by atoms with Gasteiger partial charge in [-0.2, -0.15) is 8.42 Å². The molecule has 0 fully saturated rings. The highest BCUT2D eigenvalue weighted by atomic mass is 32.2. The summed E-state index contributed by atoms with van der Waals surface area (Å²) in [5.41, 5.74) is 4.66. The van der Waals surface area contributed by atoms with Crippen LogP contribution in [0.25, 0.3) is 17.0 Å². The van der Waals surface area contributed by atoms with E-state index in [9.17, 15) is 18.0 Å². The monoisotopic (exact) mass is 565 g/mol. The largest absolute Gasteiger partial charge is 0.459 e. The Morgan fingerprint density at radius 3 is 2.50 bits per heavy atom. The summed E-state index contributed by atoms with van der Waals surface area (Å²) < 4.78 is 35.4. The minimum atomic E-state index is -4.02. The fourth-order valence-corrected chi connectivity index (χ4v) is 4.52. The number of nitrogens with one attached hydrogen (secondary N) is 1. The van der Waals surface area contributed by atoms with Crippen LogP contribution >= 0.6 is 0 Å². The van der Waals surface area contributed by atoms with E-state index < -0.39 is 10.1 Å². The highest BCUT2D eigenvalue weighted by Gasteiger charge is 2.16. The molecular formula is C29H31N3O7S. The maximum atomic E-state index is 12.5. The Morgan fingerprint density at radius 2 is 1.82 bits per heavy atom. The zero-order valence-electron chi connectivity index (χ0n) is 22.3. The Kier molecular flexibility index (Phi) is 9.59. The van der Waals surface area contributed by atoms with Gasteiger partial charge in [-0.3, -0.25) is 14.1 Å². The fraction of sp³-hybridized carbons (Fsp3) is 0.207. The molecule has 2 aromatic carbocycles. The van der Waals surface area contributed by atoms with Crippen LogP contribution in [0.15, 0.2) is 76.2 Å². The van der Waals surface area contributed by atoms with Gasteiger partial charge < -0.3 is 20.1 Å². The van der Waals surface area contributed by atoms with Crippen LogP contribution in [-0.2, 0) is 32.7 Å². The Morgan fingerprint density at radius 1 is 1.12 bits per heavy atom. The zero-order valence-corrected chi connectivity index (χ0v) is 23.2. The number of fused-ring (bicyclic) bond motifs is 2. The van der Waals surface area contributed by atoms with Crippen LogP contribution in [0.5, 0.6) is 0 Å². The van der Waals surface area contributed by atoms with E-state index in [1.807, 2.05) is 44.2 Å². The summed E-state index contributed by atoms with van der Waals surface area (Å²) in [6, 6.07) is 15.8. The molecule has 0 saturated carbocycles. The van der Waals surface area contributed by atoms with E-state index in [0.29, 0.717) is 25.2 Å². The molecule has 10 nitrogen and oxygen atoms in total. The quantitative estimate of drug-likeness (QED) is 0.272. The van der Waals surface area contributed by atoms with E-state index in [1.165, 1.54) is 18.2 Å². The molecule has 4 N–H and O–H groups in total. The Balaban J connectivity index is 0.000000311. The predicted octanol–water partition coefficient (Wildman–Crippen LogP) is 4.11. The third-order valence-electron chi connectivity index (χ3n) is 6.30. The molecule has 0 aliphatic carbocycles. The lowest BCUT2D eigenvalue weighted by molar-refractivity contribution is -0.125. The fourth-order valence-electron chi connectivity index (χ4n) is 4.04. The molecule has 11 heteroatoms. The first kappa shape index (κ1) is 30.2. The molecule has 0 unspecified atom stereocenters. The van der Waals surface area contributed by atoms with Gasteiger partial charge in [0.25, 0.3) is 10.1 Å². The van der Waals surface area contributed by atoms with Crippen LogP contribution in [0.4, 0.5) is 5.82 Å². The second-order valence-corrected chi connectivity index (χ2v) is 10.7. The van der Waals surface area contributed by atoms with Gasteiger partial charge >= 0.3 is 0 Å². The summed E-state index contributed by atoms with van der Waals surface area (Å²) in [5, 5.41) is 3.82. The number of anilines is 1. The number of hydrogen-bond acceptors (Lipinski definition) is 6. The number of carbonyl (C=O) groups excluding carboxylic acids is 2. The van der Waals surface area contributed by atoms with Crippen LogP contribution < -0.4 is 5.32 Å². The standard InChI is InChI=1S/C22H21N3O3.C7H8O3S.H2O/c1-14-17-5-3-4-6-18(17)28-19(14)13-25(2)21(27)10-7-15-11-16-8-9-20(26)24-22(16)23-12-15;1-6-2-4-7(5-3-6)11(8,9)10;/h3-7,10-12H,8-9,13H2,1-2H3,(H,23,24,26);2-5H,1H3,(H,8,9,10);1H2/b10-7+;;. The van der Waals surface area contributed by atoms with E-state index in [1.54, 1.807) is 36.4 Å². The van der Waals surface area contributed by atoms with Crippen molar-refractivity contribution >= 4 is 44.8 Å². The van der Waals surface area contributed by atoms with Crippen molar-refractivity contribution in [2.24, 2.45) is 0 Å². The summed E-state index contributed by atoms with van der Waals surface area (Å²) in [7, 11) is -2.27. The summed E-state index contributed by atoms with van der Waals surface area (Å²) >= 11 is 0. The summed E-state index contributed by atoms with van der Waals surface area (Å²) in [6.07, 6.45) is 6.05. The number of aromatic nitrogens is 1. The van der Waals surface area contributed by atoms with Crippen molar-refractivity contribution in [2.45, 2.75) is 38.1 Å². The summed E-state index contributed by atoms with van der Waals surface area (Å²) in [4.78, 5) is 29.7. The molecule has 0 atom stereocenters. The van der Waals surface area contributed by atoms with E-state index in [-0.39, 0.29) is 22.2 Å². The maximum Gasteiger partial charge on any atom is 0.294 e. The van der Waals surface area contributed by atoms with Crippen LogP contribution in [0, 0.1) is 13.8 Å². The first-order chi connectivity index (χ1) is 18.5. The first-order valence-electron chi connectivity index (χ1n) is 12.2. The molecule has 0 saturated heterocycles. The average Bonchev–Trinajstić information content (AvgIpc) is 3.22. The second-order valence-electron chi connectivity index (χ2n) is 9.29. The van der Waals surface area contributed by atoms with Gasteiger partial charge in [-0.05, 0) is 61.7 Å². The number of amides is 2. The number of benzene rings is 2. The van der Waals surface area contributed by atoms with Crippen molar-refractivity contribution in [3.8, 4) is 0 Å². The van der Waals surface area contributed by atoms with Crippen molar-refractivity contribution in [2.75, 3.05) is 12.4 Å². The summed E-state index contributed by atoms with van der Waals surface area (Å²) in [5.74, 6) is 1.26. The number of aryl methyl sites for hydroxylation is 3. The molecule has 2 amide bonds. The molecule has 4 aromatic rings. The molecule has 5 rings (SSSR count). The van der Waals surface area contributed by atoms with Gasteiger partial charge in [0.15, 0.2) is 0 Å². The van der Waals surface area contributed by atoms with E-state index in [4.69, 9.17) is 8.97 Å². The molecule has 40 heavy (non-hydrogen) atoms. The molecule has 1 aliphatic rings. The Labute approximate surface area is 232 Å². The van der Waals surface area contributed by atoms with Crippen LogP contribution in [0.3, 0.4) is 0 Å². The third kappa shape index (κ3) is 7.41. The minimum Gasteiger partial charge on any atom is -0.459 e. The molecule has 0 radical (unpaired) electrons. The normalized spacial score (nSPS) is 12.7. The number of furan rings is 1. The van der Waals surface area contributed by atoms with Crippen molar-refractivity contribution in [3.63, 3.8) is 0 Å². The lowest BCUT2D eigenvalue weighted by Crippen LogP contribution is -2.24. The molecule has 2 aromatic heterocycles. The van der Waals surface area contributed by atoms with Gasteiger partial charge in [-0.25, -0.2) is 4.98 Å². The number of hydrogen-bond donors (Lipinski definition) is 2. The Hall–Kier alpha value is -4.32. The molecule has 210 valence electrons. The lowest BCUT2D eigenvalue weighted by Gasteiger charge is -2.16. The van der Waals surface area contributed by atoms with Crippen molar-refractivity contribution < 1.29 is 32.5 Å². The van der Waals surface area contributed by atoms with Crippen LogP contribution in [0.1, 0.15) is 34.4 Å². The number of nitrogens with zero attached hydrogens (tertiary/aromatic N) is 2. The van der Waals surface area contributed by atoms with Gasteiger partial charge in [-0.15, -0.1) is 0 Å². The van der Waals surface area contributed by atoms with E-state index >= 15 is 0 Å². The zero-order chi connectivity index (χ0) is 28.2. The number of carbonyl (C=O) groups is 2. The molecule has 0 bridgehead atoms. The van der Waals surface area contributed by atoms with Crippen molar-refractivity contribution in [1.82, 2.24) is 9.88 Å². The van der Waals surface area contributed by atoms with E-state index in [0.717, 1.165) is 39.0 Å². The van der Waals surface area contributed by atoms with Crippen molar-refractivity contribution in [3.05, 3.63) is 94.9 Å². The number of likely N-dealkylation sites (N-methyl/N-ethyl adjacent to an activating group) is 1. The molecule has 3 heterocycles. The lowest BCUT2D eigenvalue weighted by atomic mass is 10.0. The molecular weight excluding hydrogens is 534 g/mol. The van der Waals surface area contributed by atoms with E-state index in [2.05, 4.69) is 10.3 Å². The maximum absolute atomic E-state index is 12.5. The number of para-hydroxylation sites is 1. The number of rotatable bonds is 5. The topological polar surface area (TPSA) is 161 Å². The van der Waals surface area contributed by atoms with Crippen LogP contribution in [-0.4, -0.2) is 47.2 Å². The van der Waals surface area contributed by atoms with Gasteiger partial charge in [-0.1, -0.05) is 35.9 Å². The predicted molar refractivity (Wildman–Crippen MR) is 152 cm³/mol. The third-order valence-corrected chi connectivity index (χ3v) is 7.17. The Bertz CT molecular complexity index is 1660. The first-order valence-corrected chi connectivity index (χ1v) is 13.7. The van der Waals surface area contributed by atoms with Gasteiger partial charge in [0.05, 0.1) is 11.4 Å². The SMILES string of the molecule is Cc1c(CN(C)C(=O)/C=C/c2cnc3c(c2)CCC(=O)N3)oc2ccccc12.Cc1ccc(S(=O)(=O)O)cc1.O. The number of pyridine rings is 1. The van der Waals surface area contributed by atoms with Crippen molar-refractivity contribution in [1.29, 1.82) is 0 Å². The van der Waals surface area contributed by atoms with Gasteiger partial charge in [0.1, 0.15) is 17.2 Å². The molecule has 1 aliphatic heterocycles. The highest BCUT2D eigenvalue weighted by Crippen LogP contribution is 2.26. The molecule has 0 spiro atoms. The van der Waals surface area contributed by atoms with Gasteiger partial charge in [0, 0.05) is 36.7 Å². The highest BCUT2D eigenvalue weighted by molar-refractivity contribution is 7.85.